The molecule has 1 aromatic rings. The first-order valence-corrected chi connectivity index (χ1v) is 9.42. The third-order valence-corrected chi connectivity index (χ3v) is 5.30. The molecule has 1 fully saturated rings. The van der Waals surface area contributed by atoms with Crippen molar-refractivity contribution in [3.63, 3.8) is 0 Å². The van der Waals surface area contributed by atoms with E-state index in [2.05, 4.69) is 29.3 Å². The molecule has 3 nitrogen and oxygen atoms in total. The summed E-state index contributed by atoms with van der Waals surface area (Å²) in [5, 5.41) is 3.04. The van der Waals surface area contributed by atoms with Gasteiger partial charge in [0.25, 0.3) is 0 Å². The molecule has 1 aliphatic rings. The number of hydrogen-bond acceptors (Lipinski definition) is 3. The molecular formula is C18H28N2OS. The molecule has 0 radical (unpaired) electrons. The number of carbonyl (C=O) groups is 1. The lowest BCUT2D eigenvalue weighted by molar-refractivity contribution is -0.118. The van der Waals surface area contributed by atoms with Crippen molar-refractivity contribution in [3.05, 3.63) is 29.8 Å². The van der Waals surface area contributed by atoms with Crippen LogP contribution < -0.4 is 5.32 Å². The van der Waals surface area contributed by atoms with E-state index >= 15 is 0 Å². The fourth-order valence-corrected chi connectivity index (χ4v) is 3.66. The minimum absolute atomic E-state index is 0.143. The average molecular weight is 321 g/mol. The molecule has 22 heavy (non-hydrogen) atoms. The summed E-state index contributed by atoms with van der Waals surface area (Å²) in [5.41, 5.74) is 1.24. The Bertz CT molecular complexity index is 456. The number of hydrogen-bond donors (Lipinski definition) is 1. The largest absolute Gasteiger partial charge is 0.355 e. The van der Waals surface area contributed by atoms with Crippen LogP contribution in [0.1, 0.15) is 37.7 Å². The first kappa shape index (κ1) is 17.4. The Hall–Kier alpha value is -1.00. The Morgan fingerprint density at radius 3 is 2.64 bits per heavy atom. The highest BCUT2D eigenvalue weighted by molar-refractivity contribution is 8.00. The van der Waals surface area contributed by atoms with Crippen molar-refractivity contribution in [2.75, 3.05) is 31.9 Å². The molecule has 1 aliphatic heterocycles. The summed E-state index contributed by atoms with van der Waals surface area (Å²) in [6.07, 6.45) is 6.48. The number of nitrogens with one attached hydrogen (secondary N) is 1. The summed E-state index contributed by atoms with van der Waals surface area (Å²) in [5.74, 6) is 0.651. The van der Waals surface area contributed by atoms with E-state index < -0.39 is 0 Å². The first-order chi connectivity index (χ1) is 10.8. The van der Waals surface area contributed by atoms with E-state index in [4.69, 9.17) is 0 Å². The molecule has 1 aromatic carbocycles. The maximum Gasteiger partial charge on any atom is 0.230 e. The van der Waals surface area contributed by atoms with Gasteiger partial charge in [-0.25, -0.2) is 0 Å². The molecule has 0 saturated carbocycles. The molecule has 0 unspecified atom stereocenters. The lowest BCUT2D eigenvalue weighted by Crippen LogP contribution is -2.31. The minimum Gasteiger partial charge on any atom is -0.355 e. The predicted molar refractivity (Wildman–Crippen MR) is 94.4 cm³/mol. The molecule has 0 spiro atoms. The Balaban J connectivity index is 1.57. The van der Waals surface area contributed by atoms with Gasteiger partial charge in [0.1, 0.15) is 0 Å². The van der Waals surface area contributed by atoms with E-state index in [-0.39, 0.29) is 5.91 Å². The van der Waals surface area contributed by atoms with Crippen molar-refractivity contribution < 1.29 is 4.79 Å². The van der Waals surface area contributed by atoms with Crippen LogP contribution in [0.5, 0.6) is 0 Å². The fraction of sp³-hybridized carbons (Fsp3) is 0.611. The van der Waals surface area contributed by atoms with Crippen molar-refractivity contribution in [1.82, 2.24) is 10.2 Å². The topological polar surface area (TPSA) is 32.3 Å². The van der Waals surface area contributed by atoms with Gasteiger partial charge in [-0.2, -0.15) is 0 Å². The number of thioether (sulfide) groups is 1. The maximum atomic E-state index is 11.9. The summed E-state index contributed by atoms with van der Waals surface area (Å²) >= 11 is 1.62. The van der Waals surface area contributed by atoms with Gasteiger partial charge >= 0.3 is 0 Å². The van der Waals surface area contributed by atoms with Gasteiger partial charge in [-0.15, -0.1) is 11.8 Å². The standard InChI is InChI=1S/C18H28N2OS/c1-16-9-4-5-10-17(16)22-15-18(21)19-11-8-14-20-12-6-2-3-7-13-20/h4-5,9-10H,2-3,6-8,11-15H2,1H3,(H,19,21). The lowest BCUT2D eigenvalue weighted by atomic mass is 10.2. The molecule has 1 N–H and O–H groups in total. The van der Waals surface area contributed by atoms with Crippen molar-refractivity contribution in [2.24, 2.45) is 0 Å². The van der Waals surface area contributed by atoms with Gasteiger partial charge in [0.05, 0.1) is 5.75 Å². The molecule has 0 atom stereocenters. The number of amides is 1. The second-order valence-corrected chi connectivity index (χ2v) is 7.03. The number of nitrogens with zero attached hydrogens (tertiary/aromatic N) is 1. The van der Waals surface area contributed by atoms with E-state index in [9.17, 15) is 4.79 Å². The third-order valence-electron chi connectivity index (χ3n) is 4.12. The van der Waals surface area contributed by atoms with Crippen molar-refractivity contribution >= 4 is 17.7 Å². The van der Waals surface area contributed by atoms with Crippen molar-refractivity contribution in [2.45, 2.75) is 43.9 Å². The van der Waals surface area contributed by atoms with Gasteiger partial charge in [-0.3, -0.25) is 4.79 Å². The molecule has 0 aliphatic carbocycles. The SMILES string of the molecule is Cc1ccccc1SCC(=O)NCCCN1CCCCCC1. The van der Waals surface area contributed by atoms with Crippen LogP contribution in [0, 0.1) is 6.92 Å². The van der Waals surface area contributed by atoms with Gasteiger partial charge in [0, 0.05) is 11.4 Å². The van der Waals surface area contributed by atoms with Crippen molar-refractivity contribution in [3.8, 4) is 0 Å². The molecule has 122 valence electrons. The second kappa shape index (κ2) is 9.90. The van der Waals surface area contributed by atoms with Gasteiger partial charge in [0.2, 0.25) is 5.91 Å². The highest BCUT2D eigenvalue weighted by Gasteiger charge is 2.08. The van der Waals surface area contributed by atoms with Crippen molar-refractivity contribution in [1.29, 1.82) is 0 Å². The Labute approximate surface area is 138 Å². The normalized spacial score (nSPS) is 16.2. The zero-order chi connectivity index (χ0) is 15.6. The second-order valence-electron chi connectivity index (χ2n) is 6.01. The first-order valence-electron chi connectivity index (χ1n) is 8.43. The van der Waals surface area contributed by atoms with Gasteiger partial charge in [-0.05, 0) is 57.5 Å². The summed E-state index contributed by atoms with van der Waals surface area (Å²) in [6.45, 7) is 6.46. The molecule has 0 bridgehead atoms. The number of carbonyl (C=O) groups excluding carboxylic acids is 1. The Morgan fingerprint density at radius 1 is 1.18 bits per heavy atom. The highest BCUT2D eigenvalue weighted by atomic mass is 32.2. The van der Waals surface area contributed by atoms with E-state index in [1.165, 1.54) is 49.2 Å². The number of likely N-dealkylation sites (tertiary alicyclic amines) is 1. The molecular weight excluding hydrogens is 292 g/mol. The fourth-order valence-electron chi connectivity index (χ4n) is 2.80. The van der Waals surface area contributed by atoms with E-state index in [0.29, 0.717) is 5.75 Å². The quantitative estimate of drug-likeness (QED) is 0.617. The molecule has 0 aromatic heterocycles. The third kappa shape index (κ3) is 6.41. The summed E-state index contributed by atoms with van der Waals surface area (Å²) < 4.78 is 0. The summed E-state index contributed by atoms with van der Waals surface area (Å²) in [7, 11) is 0. The minimum atomic E-state index is 0.143. The van der Waals surface area contributed by atoms with Crippen LogP contribution in [-0.2, 0) is 4.79 Å². The lowest BCUT2D eigenvalue weighted by Gasteiger charge is -2.19. The van der Waals surface area contributed by atoms with Crippen LogP contribution in [0.15, 0.2) is 29.2 Å². The predicted octanol–water partition coefficient (Wildman–Crippen LogP) is 3.47. The van der Waals surface area contributed by atoms with Crippen LogP contribution in [0.25, 0.3) is 0 Å². The Kier molecular flexibility index (Phi) is 7.81. The zero-order valence-electron chi connectivity index (χ0n) is 13.6. The number of rotatable bonds is 7. The van der Waals surface area contributed by atoms with Crippen LogP contribution >= 0.6 is 11.8 Å². The van der Waals surface area contributed by atoms with Gasteiger partial charge in [0.15, 0.2) is 0 Å². The Morgan fingerprint density at radius 2 is 1.91 bits per heavy atom. The molecule has 4 heteroatoms. The zero-order valence-corrected chi connectivity index (χ0v) is 14.5. The summed E-state index contributed by atoms with van der Waals surface area (Å²) in [4.78, 5) is 15.6. The van der Waals surface area contributed by atoms with E-state index in [1.54, 1.807) is 11.8 Å². The highest BCUT2D eigenvalue weighted by Crippen LogP contribution is 2.21. The van der Waals surface area contributed by atoms with E-state index in [0.717, 1.165) is 19.5 Å². The molecule has 2 rings (SSSR count). The molecule has 1 amide bonds. The number of aryl methyl sites for hydroxylation is 1. The van der Waals surface area contributed by atoms with Gasteiger partial charge < -0.3 is 10.2 Å². The van der Waals surface area contributed by atoms with Gasteiger partial charge in [-0.1, -0.05) is 31.0 Å². The maximum absolute atomic E-state index is 11.9. The van der Waals surface area contributed by atoms with E-state index in [1.807, 2.05) is 12.1 Å². The number of benzene rings is 1. The van der Waals surface area contributed by atoms with Crippen LogP contribution in [0.3, 0.4) is 0 Å². The van der Waals surface area contributed by atoms with Crippen LogP contribution in [0.2, 0.25) is 0 Å². The summed E-state index contributed by atoms with van der Waals surface area (Å²) in [6, 6.07) is 8.21. The molecule has 1 saturated heterocycles. The smallest absolute Gasteiger partial charge is 0.230 e. The van der Waals surface area contributed by atoms with Crippen LogP contribution in [-0.4, -0.2) is 42.7 Å². The average Bonchev–Trinajstić information content (AvgIpc) is 2.79. The monoisotopic (exact) mass is 320 g/mol. The van der Waals surface area contributed by atoms with Crippen LogP contribution in [0.4, 0.5) is 0 Å². The molecule has 1 heterocycles.